The number of piperidine rings is 1. The fourth-order valence-corrected chi connectivity index (χ4v) is 9.91. The summed E-state index contributed by atoms with van der Waals surface area (Å²) < 4.78 is 48.2. The third-order valence-electron chi connectivity index (χ3n) is 10.3. The third kappa shape index (κ3) is 7.55. The number of hydrogen-bond acceptors (Lipinski definition) is 7. The molecule has 1 aliphatic carbocycles. The first-order valence-corrected chi connectivity index (χ1v) is 19.6. The minimum Gasteiger partial charge on any atom is -0.490 e. The van der Waals surface area contributed by atoms with Gasteiger partial charge in [0.1, 0.15) is 29.2 Å². The van der Waals surface area contributed by atoms with Crippen LogP contribution >= 0.6 is 11.6 Å². The molecule has 0 spiro atoms. The number of carbonyl (C=O) groups excluding carboxylic acids is 2. The average Bonchev–Trinajstić information content (AvgIpc) is 3.79. The molecule has 4 aliphatic rings. The van der Waals surface area contributed by atoms with Gasteiger partial charge in [0.05, 0.1) is 17.5 Å². The average molecular weight is 724 g/mol. The number of fused-ring (bicyclic) bond motifs is 3. The number of benzene rings is 3. The molecule has 268 valence electrons. The van der Waals surface area contributed by atoms with Gasteiger partial charge in [-0.3, -0.25) is 4.79 Å². The van der Waals surface area contributed by atoms with Crippen molar-refractivity contribution in [1.82, 2.24) is 14.5 Å². The molecule has 2 unspecified atom stereocenters. The number of halogens is 1. The number of alkyl carbamates (subject to hydrolysis) is 1. The molecule has 0 radical (unpaired) electrons. The van der Waals surface area contributed by atoms with Crippen LogP contribution in [0.25, 0.3) is 10.8 Å². The Morgan fingerprint density at radius 1 is 0.800 bits per heavy atom. The number of carbonyl (C=O) groups is 2. The normalized spacial score (nSPS) is 25.9. The lowest BCUT2D eigenvalue weighted by Gasteiger charge is -2.41. The second-order valence-electron chi connectivity index (χ2n) is 15.2. The minimum atomic E-state index is -4.10. The highest BCUT2D eigenvalue weighted by Crippen LogP contribution is 2.40. The molecule has 50 heavy (non-hydrogen) atoms. The van der Waals surface area contributed by atoms with E-state index in [1.807, 2.05) is 43.9 Å². The van der Waals surface area contributed by atoms with Crippen molar-refractivity contribution in [3.8, 4) is 11.5 Å². The van der Waals surface area contributed by atoms with E-state index in [9.17, 15) is 18.0 Å². The lowest BCUT2D eigenvalue weighted by molar-refractivity contribution is -0.139. The Balaban J connectivity index is 1.12. The molecular formula is C38H46ClN3O7S. The molecule has 2 bridgehead atoms. The maximum Gasteiger partial charge on any atom is 0.407 e. The van der Waals surface area contributed by atoms with Crippen LogP contribution in [0.5, 0.6) is 11.5 Å². The summed E-state index contributed by atoms with van der Waals surface area (Å²) in [5.41, 5.74) is -0.612. The van der Waals surface area contributed by atoms with Crippen LogP contribution in [-0.2, 0) is 19.6 Å². The van der Waals surface area contributed by atoms with Crippen LogP contribution in [0.3, 0.4) is 0 Å². The summed E-state index contributed by atoms with van der Waals surface area (Å²) in [6.45, 7) is 5.50. The molecule has 3 saturated heterocycles. The van der Waals surface area contributed by atoms with Crippen LogP contribution in [0.4, 0.5) is 4.79 Å². The van der Waals surface area contributed by atoms with Gasteiger partial charge in [-0.05, 0) is 131 Å². The molecule has 3 aromatic carbocycles. The predicted octanol–water partition coefficient (Wildman–Crippen LogP) is 7.07. The maximum atomic E-state index is 14.5. The molecule has 3 aliphatic heterocycles. The first-order chi connectivity index (χ1) is 23.8. The largest absolute Gasteiger partial charge is 0.490 e. The van der Waals surface area contributed by atoms with Crippen molar-refractivity contribution in [3.05, 3.63) is 65.7 Å². The van der Waals surface area contributed by atoms with Crippen molar-refractivity contribution in [3.63, 3.8) is 0 Å². The molecule has 0 aromatic heterocycles. The van der Waals surface area contributed by atoms with Gasteiger partial charge in [-0.15, -0.1) is 0 Å². The number of sulfonamides is 1. The first-order valence-electron chi connectivity index (χ1n) is 17.8. The number of amides is 2. The molecule has 3 aromatic rings. The Morgan fingerprint density at radius 2 is 1.42 bits per heavy atom. The van der Waals surface area contributed by atoms with Crippen LogP contribution in [-0.4, -0.2) is 78.1 Å². The molecule has 4 fully saturated rings. The molecule has 7 rings (SSSR count). The van der Waals surface area contributed by atoms with Crippen LogP contribution in [0.2, 0.25) is 5.02 Å². The Bertz CT molecular complexity index is 1830. The van der Waals surface area contributed by atoms with Gasteiger partial charge < -0.3 is 24.4 Å². The zero-order chi connectivity index (χ0) is 35.2. The molecule has 12 heteroatoms. The van der Waals surface area contributed by atoms with Gasteiger partial charge in [-0.1, -0.05) is 23.7 Å². The van der Waals surface area contributed by atoms with Crippen molar-refractivity contribution >= 4 is 44.4 Å². The fourth-order valence-electron chi connectivity index (χ4n) is 8.12. The van der Waals surface area contributed by atoms with Crippen molar-refractivity contribution in [2.75, 3.05) is 6.54 Å². The van der Waals surface area contributed by atoms with E-state index in [4.69, 9.17) is 25.8 Å². The lowest BCUT2D eigenvalue weighted by Crippen LogP contribution is -2.57. The minimum absolute atomic E-state index is 0.0273. The third-order valence-corrected chi connectivity index (χ3v) is 12.4. The second-order valence-corrected chi connectivity index (χ2v) is 17.5. The molecule has 2 amide bonds. The highest BCUT2D eigenvalue weighted by molar-refractivity contribution is 7.89. The van der Waals surface area contributed by atoms with Gasteiger partial charge in [0.2, 0.25) is 15.9 Å². The summed E-state index contributed by atoms with van der Waals surface area (Å²) >= 11 is 6.09. The first kappa shape index (κ1) is 34.9. The topological polar surface area (TPSA) is 114 Å². The fraction of sp³-hybridized carbons (Fsp3) is 0.526. The van der Waals surface area contributed by atoms with Gasteiger partial charge in [-0.2, -0.15) is 4.31 Å². The molecule has 1 N–H and O–H groups in total. The number of nitrogens with zero attached hydrogens (tertiary/aromatic N) is 2. The van der Waals surface area contributed by atoms with Crippen LogP contribution in [0, 0.1) is 0 Å². The highest BCUT2D eigenvalue weighted by atomic mass is 35.5. The summed E-state index contributed by atoms with van der Waals surface area (Å²) in [4.78, 5) is 29.1. The van der Waals surface area contributed by atoms with Gasteiger partial charge in [0.25, 0.3) is 0 Å². The zero-order valence-electron chi connectivity index (χ0n) is 28.8. The smallest absolute Gasteiger partial charge is 0.407 e. The summed E-state index contributed by atoms with van der Waals surface area (Å²) in [5, 5.41) is 5.22. The van der Waals surface area contributed by atoms with Gasteiger partial charge in [0, 0.05) is 29.6 Å². The van der Waals surface area contributed by atoms with Crippen LogP contribution in [0.15, 0.2) is 65.6 Å². The summed E-state index contributed by atoms with van der Waals surface area (Å²) in [6, 6.07) is 16.5. The number of hydrogen-bond donors (Lipinski definition) is 1. The molecule has 10 nitrogen and oxygen atoms in total. The van der Waals surface area contributed by atoms with Crippen molar-refractivity contribution in [1.29, 1.82) is 0 Å². The van der Waals surface area contributed by atoms with Crippen molar-refractivity contribution < 1.29 is 32.2 Å². The van der Waals surface area contributed by atoms with Gasteiger partial charge in [-0.25, -0.2) is 13.2 Å². The van der Waals surface area contributed by atoms with E-state index in [2.05, 4.69) is 5.32 Å². The lowest BCUT2D eigenvalue weighted by atomic mass is 9.96. The van der Waals surface area contributed by atoms with Crippen LogP contribution < -0.4 is 14.8 Å². The second kappa shape index (κ2) is 13.9. The van der Waals surface area contributed by atoms with Crippen LogP contribution in [0.1, 0.15) is 78.6 Å². The Labute approximate surface area is 299 Å². The Morgan fingerprint density at radius 3 is 2.10 bits per heavy atom. The summed E-state index contributed by atoms with van der Waals surface area (Å²) in [7, 11) is -4.10. The zero-order valence-corrected chi connectivity index (χ0v) is 30.4. The number of nitrogens with one attached hydrogen (secondary N) is 1. The van der Waals surface area contributed by atoms with E-state index in [0.717, 1.165) is 42.2 Å². The summed E-state index contributed by atoms with van der Waals surface area (Å²) in [5.74, 6) is 1.13. The van der Waals surface area contributed by atoms with E-state index in [1.165, 1.54) is 17.1 Å². The Kier molecular flexibility index (Phi) is 9.69. The Hall–Kier alpha value is -3.54. The standard InChI is InChI=1S/C38H46ClN3O7S/c1-38(2,3)49-37(44)40-27-20-28-12-13-29(21-27)42(28)36(43)35-22-33(48-31-15-10-26(39)11-16-31)23-41(35)50(45,46)34-17-9-24-18-32(14-8-25(24)19-34)47-30-6-4-5-7-30/h8-11,14-19,27-30,33,35H,4-7,12-13,20-23H2,1-3H3,(H,40,44)/t27?,28?,29?,33-,35-/m0/s1. The summed E-state index contributed by atoms with van der Waals surface area (Å²) in [6.07, 6.45) is 6.65. The maximum absolute atomic E-state index is 14.5. The van der Waals surface area contributed by atoms with E-state index in [1.54, 1.807) is 42.5 Å². The van der Waals surface area contributed by atoms with E-state index < -0.39 is 33.9 Å². The van der Waals surface area contributed by atoms with Crippen molar-refractivity contribution in [2.24, 2.45) is 0 Å². The van der Waals surface area contributed by atoms with E-state index >= 15 is 0 Å². The van der Waals surface area contributed by atoms with E-state index in [0.29, 0.717) is 23.6 Å². The highest BCUT2D eigenvalue weighted by Gasteiger charge is 2.51. The van der Waals surface area contributed by atoms with Gasteiger partial charge in [0.15, 0.2) is 0 Å². The monoisotopic (exact) mass is 723 g/mol. The molecule has 3 heterocycles. The molecule has 1 saturated carbocycles. The quantitative estimate of drug-likeness (QED) is 0.265. The van der Waals surface area contributed by atoms with Crippen molar-refractivity contribution in [2.45, 2.75) is 125 Å². The number of ether oxygens (including phenoxy) is 3. The number of rotatable bonds is 8. The molecule has 4 atom stereocenters. The SMILES string of the molecule is CC(C)(C)OC(=O)NC1CC2CCC(C1)N2C(=O)[C@@H]1C[C@H](Oc2ccc(Cl)cc2)CN1S(=O)(=O)c1ccc2cc(OC3CCCC3)ccc2c1. The molecular weight excluding hydrogens is 678 g/mol. The van der Waals surface area contributed by atoms with E-state index in [-0.39, 0.29) is 48.0 Å². The predicted molar refractivity (Wildman–Crippen MR) is 191 cm³/mol. The van der Waals surface area contributed by atoms with Gasteiger partial charge >= 0.3 is 6.09 Å².